The Morgan fingerprint density at radius 2 is 2.00 bits per heavy atom. The highest BCUT2D eigenvalue weighted by Crippen LogP contribution is 2.37. The van der Waals surface area contributed by atoms with Crippen molar-refractivity contribution in [3.63, 3.8) is 0 Å². The van der Waals surface area contributed by atoms with Crippen molar-refractivity contribution in [2.45, 2.75) is 25.4 Å². The Balaban J connectivity index is 1.77. The largest absolute Gasteiger partial charge is 0.496 e. The summed E-state index contributed by atoms with van der Waals surface area (Å²) in [5.41, 5.74) is 5.79. The summed E-state index contributed by atoms with van der Waals surface area (Å²) in [6, 6.07) is 11.2. The fourth-order valence-corrected chi connectivity index (χ4v) is 4.43. The van der Waals surface area contributed by atoms with Gasteiger partial charge in [0, 0.05) is 22.1 Å². The predicted octanol–water partition coefficient (Wildman–Crippen LogP) is 5.15. The van der Waals surface area contributed by atoms with Gasteiger partial charge in [0.2, 0.25) is 0 Å². The van der Waals surface area contributed by atoms with Crippen LogP contribution in [0.4, 0.5) is 5.82 Å². The van der Waals surface area contributed by atoms with Gasteiger partial charge < -0.3 is 10.1 Å². The van der Waals surface area contributed by atoms with E-state index in [1.807, 2.05) is 10.7 Å². The molecule has 1 aliphatic rings. The normalized spacial score (nSPS) is 12.7. The maximum Gasteiger partial charge on any atom is 0.260 e. The van der Waals surface area contributed by atoms with E-state index >= 15 is 0 Å². The first-order valence-electron chi connectivity index (χ1n) is 8.89. The number of hydrogen-bond acceptors (Lipinski definition) is 4. The van der Waals surface area contributed by atoms with Gasteiger partial charge in [-0.1, -0.05) is 17.7 Å². The minimum absolute atomic E-state index is 0.274. The molecule has 0 radical (unpaired) electrons. The molecule has 0 spiro atoms. The van der Waals surface area contributed by atoms with Gasteiger partial charge in [0.05, 0.1) is 24.1 Å². The topological polar surface area (TPSA) is 56.1 Å². The quantitative estimate of drug-likeness (QED) is 0.642. The van der Waals surface area contributed by atoms with Gasteiger partial charge in [0.25, 0.3) is 5.91 Å². The number of rotatable bonds is 4. The van der Waals surface area contributed by atoms with Crippen LogP contribution in [-0.4, -0.2) is 22.8 Å². The molecule has 5 nitrogen and oxygen atoms in total. The standard InChI is InChI=1S/C21H20ClN3O2S/c1-12-4-6-15(8-13(12)2)25-20(17-10-28-11-18(17)24-25)23-21(26)16-9-14(22)5-7-19(16)27-3/h4-9H,10-11H2,1-3H3,(H,23,26). The molecule has 0 bridgehead atoms. The zero-order chi connectivity index (χ0) is 19.8. The molecule has 2 aromatic carbocycles. The number of halogens is 1. The van der Waals surface area contributed by atoms with Crippen LogP contribution in [0.5, 0.6) is 5.75 Å². The minimum atomic E-state index is -0.274. The second kappa shape index (κ2) is 7.53. The fraction of sp³-hybridized carbons (Fsp3) is 0.238. The number of aryl methyl sites for hydroxylation is 2. The van der Waals surface area contributed by atoms with Crippen LogP contribution >= 0.6 is 23.4 Å². The molecule has 1 amide bonds. The molecule has 4 rings (SSSR count). The number of nitrogens with one attached hydrogen (secondary N) is 1. The summed E-state index contributed by atoms with van der Waals surface area (Å²) in [5, 5.41) is 8.29. The van der Waals surface area contributed by atoms with E-state index in [1.54, 1.807) is 30.0 Å². The first-order valence-corrected chi connectivity index (χ1v) is 10.4. The smallest absolute Gasteiger partial charge is 0.260 e. The lowest BCUT2D eigenvalue weighted by atomic mass is 10.1. The van der Waals surface area contributed by atoms with Crippen molar-refractivity contribution in [1.29, 1.82) is 0 Å². The van der Waals surface area contributed by atoms with Crippen LogP contribution in [0.25, 0.3) is 5.69 Å². The third-order valence-corrected chi connectivity index (χ3v) is 6.13. The van der Waals surface area contributed by atoms with Crippen molar-refractivity contribution in [3.8, 4) is 11.4 Å². The molecular formula is C21H20ClN3O2S. The number of benzene rings is 2. The van der Waals surface area contributed by atoms with Gasteiger partial charge in [-0.3, -0.25) is 4.79 Å². The number of ether oxygens (including phenoxy) is 1. The Labute approximate surface area is 173 Å². The van der Waals surface area contributed by atoms with Crippen LogP contribution in [0, 0.1) is 13.8 Å². The Bertz CT molecular complexity index is 1080. The first kappa shape index (κ1) is 18.9. The number of fused-ring (bicyclic) bond motifs is 1. The lowest BCUT2D eigenvalue weighted by Gasteiger charge is -2.14. The van der Waals surface area contributed by atoms with Gasteiger partial charge in [-0.2, -0.15) is 16.9 Å². The van der Waals surface area contributed by atoms with Crippen molar-refractivity contribution in [3.05, 3.63) is 69.4 Å². The summed E-state index contributed by atoms with van der Waals surface area (Å²) in [6.07, 6.45) is 0. The summed E-state index contributed by atoms with van der Waals surface area (Å²) in [5.74, 6) is 2.57. The molecule has 0 saturated heterocycles. The van der Waals surface area contributed by atoms with E-state index < -0.39 is 0 Å². The molecule has 7 heteroatoms. The molecule has 2 heterocycles. The van der Waals surface area contributed by atoms with Crippen molar-refractivity contribution < 1.29 is 9.53 Å². The van der Waals surface area contributed by atoms with Crippen LogP contribution in [0.3, 0.4) is 0 Å². The van der Waals surface area contributed by atoms with Crippen LogP contribution < -0.4 is 10.1 Å². The highest BCUT2D eigenvalue weighted by Gasteiger charge is 2.26. The number of amides is 1. The molecule has 3 aromatic rings. The molecule has 0 unspecified atom stereocenters. The molecule has 0 atom stereocenters. The maximum absolute atomic E-state index is 13.1. The van der Waals surface area contributed by atoms with E-state index in [4.69, 9.17) is 21.4 Å². The van der Waals surface area contributed by atoms with Gasteiger partial charge in [0.1, 0.15) is 11.6 Å². The fourth-order valence-electron chi connectivity index (χ4n) is 3.22. The van der Waals surface area contributed by atoms with Gasteiger partial charge in [0.15, 0.2) is 0 Å². The Morgan fingerprint density at radius 3 is 2.75 bits per heavy atom. The van der Waals surface area contributed by atoms with Crippen molar-refractivity contribution in [1.82, 2.24) is 9.78 Å². The van der Waals surface area contributed by atoms with E-state index in [2.05, 4.69) is 31.3 Å². The number of carbonyl (C=O) groups excluding carboxylic acids is 1. The van der Waals surface area contributed by atoms with E-state index in [1.165, 1.54) is 18.2 Å². The third kappa shape index (κ3) is 3.38. The van der Waals surface area contributed by atoms with Crippen LogP contribution in [0.1, 0.15) is 32.7 Å². The zero-order valence-corrected chi connectivity index (χ0v) is 17.4. The average Bonchev–Trinajstić information content (AvgIpc) is 3.26. The maximum atomic E-state index is 13.1. The number of methoxy groups -OCH3 is 1. The lowest BCUT2D eigenvalue weighted by molar-refractivity contribution is 0.102. The molecule has 1 N–H and O–H groups in total. The summed E-state index contributed by atoms with van der Waals surface area (Å²) >= 11 is 7.89. The van der Waals surface area contributed by atoms with E-state index in [9.17, 15) is 4.79 Å². The lowest BCUT2D eigenvalue weighted by Crippen LogP contribution is -2.17. The molecular weight excluding hydrogens is 394 g/mol. The molecule has 0 aliphatic carbocycles. The third-order valence-electron chi connectivity index (χ3n) is 4.93. The predicted molar refractivity (Wildman–Crippen MR) is 114 cm³/mol. The monoisotopic (exact) mass is 413 g/mol. The number of nitrogens with zero attached hydrogens (tertiary/aromatic N) is 2. The number of carbonyl (C=O) groups is 1. The molecule has 144 valence electrons. The van der Waals surface area contributed by atoms with Gasteiger partial charge in [-0.05, 0) is 55.3 Å². The van der Waals surface area contributed by atoms with Gasteiger partial charge >= 0.3 is 0 Å². The highest BCUT2D eigenvalue weighted by atomic mass is 35.5. The SMILES string of the molecule is COc1ccc(Cl)cc1C(=O)Nc1c2c(nn1-c1ccc(C)c(C)c1)CSC2. The highest BCUT2D eigenvalue weighted by molar-refractivity contribution is 7.98. The first-order chi connectivity index (χ1) is 13.5. The van der Waals surface area contributed by atoms with Crippen molar-refractivity contribution >= 4 is 35.1 Å². The average molecular weight is 414 g/mol. The number of anilines is 1. The summed E-state index contributed by atoms with van der Waals surface area (Å²) in [7, 11) is 1.54. The van der Waals surface area contributed by atoms with Gasteiger partial charge in [-0.25, -0.2) is 4.68 Å². The zero-order valence-electron chi connectivity index (χ0n) is 15.9. The molecule has 0 fully saturated rings. The molecule has 1 aromatic heterocycles. The minimum Gasteiger partial charge on any atom is -0.496 e. The van der Waals surface area contributed by atoms with E-state index in [-0.39, 0.29) is 5.91 Å². The number of aromatic nitrogens is 2. The van der Waals surface area contributed by atoms with E-state index in [0.717, 1.165) is 28.5 Å². The Kier molecular flexibility index (Phi) is 5.08. The second-order valence-electron chi connectivity index (χ2n) is 6.75. The molecule has 28 heavy (non-hydrogen) atoms. The summed E-state index contributed by atoms with van der Waals surface area (Å²) < 4.78 is 7.16. The van der Waals surface area contributed by atoms with Crippen LogP contribution in [0.2, 0.25) is 5.02 Å². The Morgan fingerprint density at radius 1 is 1.18 bits per heavy atom. The van der Waals surface area contributed by atoms with Crippen molar-refractivity contribution in [2.75, 3.05) is 12.4 Å². The number of hydrogen-bond donors (Lipinski definition) is 1. The molecule has 1 aliphatic heterocycles. The van der Waals surface area contributed by atoms with Crippen molar-refractivity contribution in [2.24, 2.45) is 0 Å². The van der Waals surface area contributed by atoms with E-state index in [0.29, 0.717) is 22.2 Å². The van der Waals surface area contributed by atoms with Crippen LogP contribution in [0.15, 0.2) is 36.4 Å². The summed E-state index contributed by atoms with van der Waals surface area (Å²) in [4.78, 5) is 13.1. The summed E-state index contributed by atoms with van der Waals surface area (Å²) in [6.45, 7) is 4.15. The second-order valence-corrected chi connectivity index (χ2v) is 8.17. The molecule has 0 saturated carbocycles. The number of thioether (sulfide) groups is 1. The van der Waals surface area contributed by atoms with Gasteiger partial charge in [-0.15, -0.1) is 0 Å². The Hall–Kier alpha value is -2.44. The van der Waals surface area contributed by atoms with Crippen LogP contribution in [-0.2, 0) is 11.5 Å².